The zero-order valence-electron chi connectivity index (χ0n) is 11.0. The lowest BCUT2D eigenvalue weighted by atomic mass is 10.0. The first-order valence-corrected chi connectivity index (χ1v) is 7.09. The average Bonchev–Trinajstić information content (AvgIpc) is 2.46. The topological polar surface area (TPSA) is 38.0 Å². The van der Waals surface area contributed by atoms with Gasteiger partial charge in [-0.3, -0.25) is 0 Å². The second kappa shape index (κ2) is 6.49. The number of anilines is 1. The molecule has 2 nitrogen and oxygen atoms in total. The molecule has 0 amide bonds. The molecule has 0 saturated heterocycles. The van der Waals surface area contributed by atoms with Crippen molar-refractivity contribution in [3.8, 4) is 0 Å². The van der Waals surface area contributed by atoms with Gasteiger partial charge in [0.2, 0.25) is 0 Å². The molecule has 0 heterocycles. The highest BCUT2D eigenvalue weighted by Gasteiger charge is 2.30. The van der Waals surface area contributed by atoms with Crippen molar-refractivity contribution in [1.29, 1.82) is 0 Å². The van der Waals surface area contributed by atoms with Crippen LogP contribution in [0.15, 0.2) is 53.0 Å². The summed E-state index contributed by atoms with van der Waals surface area (Å²) in [5.74, 6) is 0. The summed E-state index contributed by atoms with van der Waals surface area (Å²) in [6.45, 7) is 0.271. The van der Waals surface area contributed by atoms with Crippen molar-refractivity contribution in [1.82, 2.24) is 0 Å². The molecule has 0 spiro atoms. The Morgan fingerprint density at radius 3 is 2.19 bits per heavy atom. The lowest BCUT2D eigenvalue weighted by Gasteiger charge is -2.20. The van der Waals surface area contributed by atoms with E-state index in [4.69, 9.17) is 5.73 Å². The number of hydrogen-bond acceptors (Lipinski definition) is 2. The van der Waals surface area contributed by atoms with E-state index in [9.17, 15) is 13.2 Å². The summed E-state index contributed by atoms with van der Waals surface area (Å²) >= 11 is 3.41. The molecule has 112 valence electrons. The van der Waals surface area contributed by atoms with Gasteiger partial charge in [0.1, 0.15) is 0 Å². The maximum atomic E-state index is 12.6. The van der Waals surface area contributed by atoms with E-state index in [1.54, 1.807) is 0 Å². The van der Waals surface area contributed by atoms with Crippen molar-refractivity contribution in [2.45, 2.75) is 12.2 Å². The van der Waals surface area contributed by atoms with Crippen molar-refractivity contribution in [3.05, 3.63) is 64.1 Å². The molecule has 2 rings (SSSR count). The number of halogens is 4. The Labute approximate surface area is 129 Å². The van der Waals surface area contributed by atoms with Gasteiger partial charge in [0.05, 0.1) is 11.6 Å². The number of benzene rings is 2. The van der Waals surface area contributed by atoms with E-state index in [1.165, 1.54) is 12.1 Å². The minimum Gasteiger partial charge on any atom is -0.376 e. The number of alkyl halides is 3. The van der Waals surface area contributed by atoms with Crippen LogP contribution in [0.3, 0.4) is 0 Å². The zero-order valence-corrected chi connectivity index (χ0v) is 12.6. The molecule has 0 aliphatic rings. The number of hydrogen-bond donors (Lipinski definition) is 2. The highest BCUT2D eigenvalue weighted by Crippen LogP contribution is 2.31. The predicted octanol–water partition coefficient (Wildman–Crippen LogP) is 4.58. The summed E-state index contributed by atoms with van der Waals surface area (Å²) in [6.07, 6.45) is -4.33. The normalized spacial score (nSPS) is 13.0. The monoisotopic (exact) mass is 358 g/mol. The third-order valence-corrected chi connectivity index (χ3v) is 3.77. The summed E-state index contributed by atoms with van der Waals surface area (Å²) in [5.41, 5.74) is 6.61. The van der Waals surface area contributed by atoms with Gasteiger partial charge in [-0.25, -0.2) is 0 Å². The van der Waals surface area contributed by atoms with E-state index in [-0.39, 0.29) is 12.6 Å². The first-order chi connectivity index (χ1) is 9.91. The van der Waals surface area contributed by atoms with Crippen LogP contribution in [0.25, 0.3) is 0 Å². The van der Waals surface area contributed by atoms with Crippen LogP contribution in [0.5, 0.6) is 0 Å². The molecule has 0 aliphatic carbocycles. The minimum absolute atomic E-state index is 0.258. The third-order valence-electron chi connectivity index (χ3n) is 3.08. The molecule has 0 radical (unpaired) electrons. The Bertz CT molecular complexity index is 597. The molecule has 0 bridgehead atoms. The molecule has 1 atom stereocenters. The summed E-state index contributed by atoms with van der Waals surface area (Å²) in [7, 11) is 0. The summed E-state index contributed by atoms with van der Waals surface area (Å²) in [6, 6.07) is 12.3. The van der Waals surface area contributed by atoms with Gasteiger partial charge < -0.3 is 11.1 Å². The zero-order chi connectivity index (χ0) is 15.5. The molecule has 3 N–H and O–H groups in total. The van der Waals surface area contributed by atoms with E-state index in [0.29, 0.717) is 5.56 Å². The van der Waals surface area contributed by atoms with E-state index in [0.717, 1.165) is 22.3 Å². The first kappa shape index (κ1) is 15.9. The van der Waals surface area contributed by atoms with Crippen LogP contribution in [0.2, 0.25) is 0 Å². The van der Waals surface area contributed by atoms with E-state index < -0.39 is 11.7 Å². The molecule has 2 aromatic rings. The van der Waals surface area contributed by atoms with E-state index in [2.05, 4.69) is 21.2 Å². The van der Waals surface area contributed by atoms with Crippen LogP contribution in [-0.4, -0.2) is 6.54 Å². The molecule has 1 unspecified atom stereocenters. The molecule has 0 saturated carbocycles. The van der Waals surface area contributed by atoms with Crippen LogP contribution in [-0.2, 0) is 6.18 Å². The van der Waals surface area contributed by atoms with Gasteiger partial charge in [-0.2, -0.15) is 13.2 Å². The highest BCUT2D eigenvalue weighted by atomic mass is 79.9. The Kier molecular flexibility index (Phi) is 4.90. The van der Waals surface area contributed by atoms with Crippen LogP contribution in [0.1, 0.15) is 17.2 Å². The minimum atomic E-state index is -4.33. The lowest BCUT2D eigenvalue weighted by molar-refractivity contribution is -0.137. The Hall–Kier alpha value is -1.53. The van der Waals surface area contributed by atoms with Crippen LogP contribution in [0, 0.1) is 0 Å². The highest BCUT2D eigenvalue weighted by molar-refractivity contribution is 9.10. The molecule has 0 aromatic heterocycles. The number of nitrogens with one attached hydrogen (secondary N) is 1. The number of nitrogens with two attached hydrogens (primary N) is 1. The van der Waals surface area contributed by atoms with Crippen molar-refractivity contribution < 1.29 is 13.2 Å². The van der Waals surface area contributed by atoms with Gasteiger partial charge in [-0.15, -0.1) is 0 Å². The second-order valence-electron chi connectivity index (χ2n) is 4.53. The maximum absolute atomic E-state index is 12.6. The predicted molar refractivity (Wildman–Crippen MR) is 81.0 cm³/mol. The van der Waals surface area contributed by atoms with Crippen LogP contribution in [0.4, 0.5) is 18.9 Å². The second-order valence-corrected chi connectivity index (χ2v) is 5.39. The standard InChI is InChI=1S/C15H14BrF3N2/c16-12-3-1-2-4-13(12)21-14(9-20)10-5-7-11(8-6-10)15(17,18)19/h1-8,14,21H,9,20H2. The van der Waals surface area contributed by atoms with Crippen LogP contribution < -0.4 is 11.1 Å². The largest absolute Gasteiger partial charge is 0.416 e. The molecule has 6 heteroatoms. The van der Waals surface area contributed by atoms with Crippen molar-refractivity contribution in [2.75, 3.05) is 11.9 Å². The Morgan fingerprint density at radius 2 is 1.67 bits per heavy atom. The van der Waals surface area contributed by atoms with Gasteiger partial charge in [0.25, 0.3) is 0 Å². The van der Waals surface area contributed by atoms with Crippen molar-refractivity contribution in [2.24, 2.45) is 5.73 Å². The Balaban J connectivity index is 2.20. The fourth-order valence-electron chi connectivity index (χ4n) is 1.95. The van der Waals surface area contributed by atoms with E-state index >= 15 is 0 Å². The van der Waals surface area contributed by atoms with Gasteiger partial charge in [0, 0.05) is 16.7 Å². The smallest absolute Gasteiger partial charge is 0.376 e. The van der Waals surface area contributed by atoms with Gasteiger partial charge in [-0.05, 0) is 45.8 Å². The van der Waals surface area contributed by atoms with Gasteiger partial charge in [0.15, 0.2) is 0 Å². The van der Waals surface area contributed by atoms with Crippen LogP contribution >= 0.6 is 15.9 Å². The lowest BCUT2D eigenvalue weighted by Crippen LogP contribution is -2.21. The SMILES string of the molecule is NCC(Nc1ccccc1Br)c1ccc(C(F)(F)F)cc1. The summed E-state index contributed by atoms with van der Waals surface area (Å²) in [5, 5.41) is 3.22. The van der Waals surface area contributed by atoms with Gasteiger partial charge in [-0.1, -0.05) is 24.3 Å². The maximum Gasteiger partial charge on any atom is 0.416 e. The molecule has 21 heavy (non-hydrogen) atoms. The number of rotatable bonds is 4. The molecule has 2 aromatic carbocycles. The van der Waals surface area contributed by atoms with Crippen molar-refractivity contribution >= 4 is 21.6 Å². The average molecular weight is 359 g/mol. The first-order valence-electron chi connectivity index (χ1n) is 6.30. The fourth-order valence-corrected chi connectivity index (χ4v) is 2.35. The summed E-state index contributed by atoms with van der Waals surface area (Å²) < 4.78 is 38.5. The van der Waals surface area contributed by atoms with E-state index in [1.807, 2.05) is 24.3 Å². The fraction of sp³-hybridized carbons (Fsp3) is 0.200. The van der Waals surface area contributed by atoms with Gasteiger partial charge >= 0.3 is 6.18 Å². The molecular weight excluding hydrogens is 345 g/mol. The molecule has 0 aliphatic heterocycles. The Morgan fingerprint density at radius 1 is 1.05 bits per heavy atom. The van der Waals surface area contributed by atoms with Crippen molar-refractivity contribution in [3.63, 3.8) is 0 Å². The third kappa shape index (κ3) is 3.98. The molecular formula is C15H14BrF3N2. The number of para-hydroxylation sites is 1. The quantitative estimate of drug-likeness (QED) is 0.839. The summed E-state index contributed by atoms with van der Waals surface area (Å²) in [4.78, 5) is 0. The molecule has 0 fully saturated rings.